The fourth-order valence-electron chi connectivity index (χ4n) is 2.47. The first-order chi connectivity index (χ1) is 10.0. The van der Waals surface area contributed by atoms with Crippen molar-refractivity contribution in [2.75, 3.05) is 19.7 Å². The number of rotatable bonds is 3. The zero-order valence-corrected chi connectivity index (χ0v) is 11.8. The molecule has 1 aromatic rings. The van der Waals surface area contributed by atoms with Gasteiger partial charge in [0.25, 0.3) is 5.91 Å². The van der Waals surface area contributed by atoms with Gasteiger partial charge < -0.3 is 14.7 Å². The van der Waals surface area contributed by atoms with E-state index in [1.54, 1.807) is 6.92 Å². The topological polar surface area (TPSA) is 66.8 Å². The molecule has 1 aliphatic rings. The van der Waals surface area contributed by atoms with E-state index in [2.05, 4.69) is 0 Å². The van der Waals surface area contributed by atoms with Crippen LogP contribution in [0.2, 0.25) is 0 Å². The number of amides is 1. The van der Waals surface area contributed by atoms with Crippen LogP contribution in [0.25, 0.3) is 0 Å². The van der Waals surface area contributed by atoms with Crippen LogP contribution < -0.4 is 0 Å². The highest BCUT2D eigenvalue weighted by atomic mass is 19.1. The van der Waals surface area contributed by atoms with Gasteiger partial charge >= 0.3 is 5.97 Å². The maximum Gasteiger partial charge on any atom is 0.310 e. The Hall–Kier alpha value is -2.11. The molecule has 0 radical (unpaired) electrons. The Morgan fingerprint density at radius 2 is 2.24 bits per heavy atom. The van der Waals surface area contributed by atoms with Crippen LogP contribution >= 0.6 is 0 Å². The number of phenolic OH excluding ortho intramolecular Hbond substituents is 1. The summed E-state index contributed by atoms with van der Waals surface area (Å²) in [5.41, 5.74) is 0.0425. The molecule has 1 atom stereocenters. The SMILES string of the molecule is CCOC(=O)[C@@H]1CCCN(C(=O)c2ccc(F)cc2O)C1. The number of hydrogen-bond acceptors (Lipinski definition) is 4. The molecule has 1 N–H and O–H groups in total. The number of esters is 1. The van der Waals surface area contributed by atoms with Crippen LogP contribution in [0, 0.1) is 11.7 Å². The average molecular weight is 295 g/mol. The van der Waals surface area contributed by atoms with Crippen LogP contribution in [0.1, 0.15) is 30.1 Å². The maximum absolute atomic E-state index is 13.0. The quantitative estimate of drug-likeness (QED) is 0.865. The summed E-state index contributed by atoms with van der Waals surface area (Å²) in [6, 6.07) is 3.28. The molecule has 5 nitrogen and oxygen atoms in total. The van der Waals surface area contributed by atoms with Gasteiger partial charge in [-0.05, 0) is 31.9 Å². The highest BCUT2D eigenvalue weighted by molar-refractivity contribution is 5.97. The minimum Gasteiger partial charge on any atom is -0.507 e. The predicted molar refractivity (Wildman–Crippen MR) is 73.3 cm³/mol. The van der Waals surface area contributed by atoms with Crippen molar-refractivity contribution in [1.82, 2.24) is 4.90 Å². The summed E-state index contributed by atoms with van der Waals surface area (Å²) in [5.74, 6) is -2.05. The lowest BCUT2D eigenvalue weighted by atomic mass is 9.97. The number of benzene rings is 1. The minimum absolute atomic E-state index is 0.0425. The lowest BCUT2D eigenvalue weighted by Gasteiger charge is -2.31. The second-order valence-corrected chi connectivity index (χ2v) is 5.00. The molecule has 2 rings (SSSR count). The standard InChI is InChI=1S/C15H18FNO4/c1-2-21-15(20)10-4-3-7-17(9-10)14(19)12-6-5-11(16)8-13(12)18/h5-6,8,10,18H,2-4,7,9H2,1H3/t10-/m1/s1. The third-order valence-corrected chi connectivity index (χ3v) is 3.52. The number of carbonyl (C=O) groups is 2. The Bertz CT molecular complexity index is 546. The number of piperidine rings is 1. The van der Waals surface area contributed by atoms with Crippen LogP contribution in [0.3, 0.4) is 0 Å². The summed E-state index contributed by atoms with van der Waals surface area (Å²) in [6.45, 7) is 2.81. The van der Waals surface area contributed by atoms with Crippen molar-refractivity contribution >= 4 is 11.9 Å². The molecular formula is C15H18FNO4. The highest BCUT2D eigenvalue weighted by Gasteiger charge is 2.30. The molecule has 1 fully saturated rings. The number of hydrogen-bond donors (Lipinski definition) is 1. The van der Waals surface area contributed by atoms with E-state index in [4.69, 9.17) is 4.74 Å². The van der Waals surface area contributed by atoms with E-state index in [1.807, 2.05) is 0 Å². The van der Waals surface area contributed by atoms with Crippen LogP contribution in [-0.2, 0) is 9.53 Å². The molecule has 0 spiro atoms. The largest absolute Gasteiger partial charge is 0.507 e. The molecule has 1 saturated heterocycles. The summed E-state index contributed by atoms with van der Waals surface area (Å²) in [7, 11) is 0. The Kier molecular flexibility index (Phi) is 4.77. The van der Waals surface area contributed by atoms with Crippen molar-refractivity contribution in [3.8, 4) is 5.75 Å². The molecule has 21 heavy (non-hydrogen) atoms. The fourth-order valence-corrected chi connectivity index (χ4v) is 2.47. The van der Waals surface area contributed by atoms with E-state index in [0.29, 0.717) is 26.0 Å². The second kappa shape index (κ2) is 6.56. The average Bonchev–Trinajstić information content (AvgIpc) is 2.47. The lowest BCUT2D eigenvalue weighted by molar-refractivity contribution is -0.149. The van der Waals surface area contributed by atoms with Crippen molar-refractivity contribution in [2.24, 2.45) is 5.92 Å². The molecule has 0 saturated carbocycles. The molecule has 0 bridgehead atoms. The molecule has 1 heterocycles. The first-order valence-electron chi connectivity index (χ1n) is 6.97. The Morgan fingerprint density at radius 3 is 2.90 bits per heavy atom. The predicted octanol–water partition coefficient (Wildman–Crippen LogP) is 1.95. The number of carbonyl (C=O) groups excluding carboxylic acids is 2. The summed E-state index contributed by atoms with van der Waals surface area (Å²) in [6.07, 6.45) is 1.37. The number of likely N-dealkylation sites (tertiary alicyclic amines) is 1. The monoisotopic (exact) mass is 295 g/mol. The van der Waals surface area contributed by atoms with Gasteiger partial charge in [-0.15, -0.1) is 0 Å². The van der Waals surface area contributed by atoms with Crippen LogP contribution in [0.5, 0.6) is 5.75 Å². The number of nitrogens with zero attached hydrogens (tertiary/aromatic N) is 1. The van der Waals surface area contributed by atoms with Crippen molar-refractivity contribution in [3.63, 3.8) is 0 Å². The van der Waals surface area contributed by atoms with Crippen LogP contribution in [0.4, 0.5) is 4.39 Å². The lowest BCUT2D eigenvalue weighted by Crippen LogP contribution is -2.42. The number of aromatic hydroxyl groups is 1. The van der Waals surface area contributed by atoms with Crippen LogP contribution in [0.15, 0.2) is 18.2 Å². The normalized spacial score (nSPS) is 18.4. The smallest absolute Gasteiger partial charge is 0.310 e. The van der Waals surface area contributed by atoms with Gasteiger partial charge in [0.1, 0.15) is 11.6 Å². The van der Waals surface area contributed by atoms with Gasteiger partial charge in [-0.3, -0.25) is 9.59 Å². The van der Waals surface area contributed by atoms with Crippen molar-refractivity contribution < 1.29 is 23.8 Å². The van der Waals surface area contributed by atoms with E-state index >= 15 is 0 Å². The molecule has 0 aliphatic carbocycles. The molecule has 0 unspecified atom stereocenters. The third kappa shape index (κ3) is 3.51. The summed E-state index contributed by atoms with van der Waals surface area (Å²) in [4.78, 5) is 25.6. The maximum atomic E-state index is 13.0. The Balaban J connectivity index is 2.10. The Labute approximate surface area is 122 Å². The van der Waals surface area contributed by atoms with E-state index in [0.717, 1.165) is 12.1 Å². The molecule has 114 valence electrons. The van der Waals surface area contributed by atoms with Gasteiger partial charge in [0.2, 0.25) is 0 Å². The zero-order chi connectivity index (χ0) is 15.4. The highest BCUT2D eigenvalue weighted by Crippen LogP contribution is 2.24. The summed E-state index contributed by atoms with van der Waals surface area (Å²) in [5, 5.41) is 9.67. The second-order valence-electron chi connectivity index (χ2n) is 5.00. The van der Waals surface area contributed by atoms with E-state index in [-0.39, 0.29) is 24.0 Å². The molecule has 1 aliphatic heterocycles. The van der Waals surface area contributed by atoms with Crippen LogP contribution in [-0.4, -0.2) is 41.6 Å². The van der Waals surface area contributed by atoms with Gasteiger partial charge in [-0.2, -0.15) is 0 Å². The first kappa shape index (κ1) is 15.3. The third-order valence-electron chi connectivity index (χ3n) is 3.52. The first-order valence-corrected chi connectivity index (χ1v) is 6.97. The van der Waals surface area contributed by atoms with E-state index in [1.165, 1.54) is 11.0 Å². The van der Waals surface area contributed by atoms with Gasteiger partial charge in [0, 0.05) is 19.2 Å². The van der Waals surface area contributed by atoms with Gasteiger partial charge in [-0.25, -0.2) is 4.39 Å². The summed E-state index contributed by atoms with van der Waals surface area (Å²) >= 11 is 0. The van der Waals surface area contributed by atoms with E-state index in [9.17, 15) is 19.1 Å². The van der Waals surface area contributed by atoms with Crippen molar-refractivity contribution in [2.45, 2.75) is 19.8 Å². The number of ether oxygens (including phenoxy) is 1. The fraction of sp³-hybridized carbons (Fsp3) is 0.467. The molecule has 6 heteroatoms. The van der Waals surface area contributed by atoms with Crippen molar-refractivity contribution in [3.05, 3.63) is 29.6 Å². The van der Waals surface area contributed by atoms with Gasteiger partial charge in [-0.1, -0.05) is 0 Å². The number of halogens is 1. The molecular weight excluding hydrogens is 277 g/mol. The molecule has 1 amide bonds. The zero-order valence-electron chi connectivity index (χ0n) is 11.8. The minimum atomic E-state index is -0.605. The van der Waals surface area contributed by atoms with Crippen molar-refractivity contribution in [1.29, 1.82) is 0 Å². The molecule has 0 aromatic heterocycles. The van der Waals surface area contributed by atoms with E-state index < -0.39 is 17.5 Å². The Morgan fingerprint density at radius 1 is 1.48 bits per heavy atom. The summed E-state index contributed by atoms with van der Waals surface area (Å²) < 4.78 is 17.9. The van der Waals surface area contributed by atoms with Gasteiger partial charge in [0.15, 0.2) is 0 Å². The number of phenols is 1. The van der Waals surface area contributed by atoms with Gasteiger partial charge in [0.05, 0.1) is 18.1 Å². The molecule has 1 aromatic carbocycles.